The monoisotopic (exact) mass is 396 g/mol. The van der Waals surface area contributed by atoms with E-state index in [-0.39, 0.29) is 6.54 Å². The van der Waals surface area contributed by atoms with Crippen LogP contribution in [0, 0.1) is 6.92 Å². The van der Waals surface area contributed by atoms with E-state index < -0.39 is 5.60 Å². The van der Waals surface area contributed by atoms with Gasteiger partial charge in [-0.2, -0.15) is 0 Å². The highest BCUT2D eigenvalue weighted by Crippen LogP contribution is 2.21. The van der Waals surface area contributed by atoms with E-state index in [1.807, 2.05) is 38.1 Å². The van der Waals surface area contributed by atoms with E-state index in [1.165, 1.54) is 5.56 Å². The number of benzene rings is 1. The number of aromatic nitrogens is 1. The van der Waals surface area contributed by atoms with Gasteiger partial charge in [0.15, 0.2) is 5.96 Å². The quantitative estimate of drug-likeness (QED) is 0.400. The van der Waals surface area contributed by atoms with Crippen molar-refractivity contribution in [2.45, 2.75) is 32.8 Å². The first-order valence-corrected chi connectivity index (χ1v) is 9.78. The number of hydrogen-bond donors (Lipinski definition) is 3. The molecule has 29 heavy (non-hydrogen) atoms. The van der Waals surface area contributed by atoms with Gasteiger partial charge in [-0.1, -0.05) is 17.7 Å². The Morgan fingerprint density at radius 3 is 2.66 bits per heavy atom. The van der Waals surface area contributed by atoms with E-state index in [1.54, 1.807) is 31.6 Å². The van der Waals surface area contributed by atoms with E-state index in [4.69, 9.17) is 8.83 Å². The normalized spacial score (nSPS) is 13.9. The lowest BCUT2D eigenvalue weighted by Crippen LogP contribution is -2.39. The topological polar surface area (TPSA) is 95.8 Å². The molecule has 0 spiro atoms. The van der Waals surface area contributed by atoms with Crippen molar-refractivity contribution < 1.29 is 13.9 Å². The van der Waals surface area contributed by atoms with E-state index in [0.29, 0.717) is 30.6 Å². The minimum Gasteiger partial charge on any atom is -0.466 e. The minimum absolute atomic E-state index is 0.178. The van der Waals surface area contributed by atoms with Crippen molar-refractivity contribution >= 4 is 5.96 Å². The molecule has 1 atom stereocenters. The van der Waals surface area contributed by atoms with Crippen molar-refractivity contribution in [1.29, 1.82) is 0 Å². The summed E-state index contributed by atoms with van der Waals surface area (Å²) in [6.07, 6.45) is 3.91. The van der Waals surface area contributed by atoms with Gasteiger partial charge in [0.2, 0.25) is 5.89 Å². The van der Waals surface area contributed by atoms with Gasteiger partial charge in [0, 0.05) is 25.1 Å². The molecule has 3 aromatic rings. The largest absolute Gasteiger partial charge is 0.466 e. The van der Waals surface area contributed by atoms with Crippen molar-refractivity contribution in [3.8, 4) is 11.5 Å². The van der Waals surface area contributed by atoms with Gasteiger partial charge >= 0.3 is 0 Å². The molecule has 7 heteroatoms. The summed E-state index contributed by atoms with van der Waals surface area (Å²) in [4.78, 5) is 9.03. The third-order valence-electron chi connectivity index (χ3n) is 4.47. The zero-order chi connectivity index (χ0) is 20.7. The van der Waals surface area contributed by atoms with Crippen LogP contribution in [0.25, 0.3) is 11.5 Å². The molecule has 1 aromatic carbocycles. The fourth-order valence-corrected chi connectivity index (χ4v) is 2.80. The number of guanidine groups is 1. The van der Waals surface area contributed by atoms with Crippen molar-refractivity contribution in [3.05, 3.63) is 65.9 Å². The molecule has 0 fully saturated rings. The van der Waals surface area contributed by atoms with Crippen LogP contribution < -0.4 is 10.6 Å². The highest BCUT2D eigenvalue weighted by molar-refractivity contribution is 5.79. The van der Waals surface area contributed by atoms with Crippen LogP contribution in [-0.2, 0) is 12.0 Å². The molecule has 154 valence electrons. The van der Waals surface area contributed by atoms with Gasteiger partial charge in [-0.05, 0) is 45.0 Å². The molecule has 0 aliphatic carbocycles. The number of aliphatic imine (C=N–C) groups is 1. The Kier molecular flexibility index (Phi) is 6.72. The molecule has 3 rings (SSSR count). The van der Waals surface area contributed by atoms with Crippen molar-refractivity contribution in [1.82, 2.24) is 15.6 Å². The van der Waals surface area contributed by atoms with Crippen LogP contribution in [-0.4, -0.2) is 35.7 Å². The summed E-state index contributed by atoms with van der Waals surface area (Å²) < 4.78 is 10.9. The third kappa shape index (κ3) is 5.71. The van der Waals surface area contributed by atoms with Crippen LogP contribution in [0.3, 0.4) is 0 Å². The molecule has 2 aromatic heterocycles. The first kappa shape index (κ1) is 20.7. The Hall–Kier alpha value is -3.06. The molecule has 1 unspecified atom stereocenters. The first-order chi connectivity index (χ1) is 14.0. The lowest BCUT2D eigenvalue weighted by atomic mass is 10.0. The Labute approximate surface area is 170 Å². The average molecular weight is 396 g/mol. The van der Waals surface area contributed by atoms with Crippen LogP contribution in [0.1, 0.15) is 30.9 Å². The third-order valence-corrected chi connectivity index (χ3v) is 4.47. The molecular weight excluding hydrogens is 368 g/mol. The predicted octanol–water partition coefficient (Wildman–Crippen LogP) is 3.25. The number of nitrogens with one attached hydrogen (secondary N) is 2. The maximum absolute atomic E-state index is 10.5. The molecule has 0 aliphatic heterocycles. The number of aryl methyl sites for hydroxylation is 1. The lowest BCUT2D eigenvalue weighted by Gasteiger charge is -2.19. The summed E-state index contributed by atoms with van der Waals surface area (Å²) >= 11 is 0. The van der Waals surface area contributed by atoms with Gasteiger partial charge in [0.1, 0.15) is 17.6 Å². The Bertz CT molecular complexity index is 912. The lowest BCUT2D eigenvalue weighted by molar-refractivity contribution is 0.0437. The summed E-state index contributed by atoms with van der Waals surface area (Å²) in [7, 11) is 0. The Morgan fingerprint density at radius 2 is 1.97 bits per heavy atom. The molecule has 7 nitrogen and oxygen atoms in total. The molecule has 0 saturated heterocycles. The number of rotatable bonds is 8. The number of hydrogen-bond acceptors (Lipinski definition) is 5. The number of oxazole rings is 1. The van der Waals surface area contributed by atoms with E-state index in [2.05, 4.69) is 20.6 Å². The summed E-state index contributed by atoms with van der Waals surface area (Å²) in [6.45, 7) is 7.25. The molecular formula is C22H28N4O3. The first-order valence-electron chi connectivity index (χ1n) is 9.78. The van der Waals surface area contributed by atoms with Crippen LogP contribution in [0.4, 0.5) is 0 Å². The number of aliphatic hydroxyl groups is 1. The van der Waals surface area contributed by atoms with Gasteiger partial charge in [0.25, 0.3) is 0 Å². The SMILES string of the molecule is CCNC(=NCC(C)(O)c1ccco1)NCCc1coc(-c2ccc(C)cc2)n1. The van der Waals surface area contributed by atoms with Crippen LogP contribution >= 0.6 is 0 Å². The Morgan fingerprint density at radius 1 is 1.17 bits per heavy atom. The van der Waals surface area contributed by atoms with Crippen LogP contribution in [0.15, 0.2) is 62.8 Å². The highest BCUT2D eigenvalue weighted by atomic mass is 16.4. The van der Waals surface area contributed by atoms with Gasteiger partial charge in [-0.15, -0.1) is 0 Å². The van der Waals surface area contributed by atoms with Gasteiger partial charge in [0.05, 0.1) is 18.5 Å². The summed E-state index contributed by atoms with van der Waals surface area (Å²) in [5.41, 5.74) is 1.86. The number of furan rings is 1. The summed E-state index contributed by atoms with van der Waals surface area (Å²) in [6, 6.07) is 11.6. The van der Waals surface area contributed by atoms with Gasteiger partial charge in [-0.3, -0.25) is 0 Å². The highest BCUT2D eigenvalue weighted by Gasteiger charge is 2.26. The second-order valence-electron chi connectivity index (χ2n) is 7.13. The second-order valence-corrected chi connectivity index (χ2v) is 7.13. The summed E-state index contributed by atoms with van der Waals surface area (Å²) in [5.74, 6) is 1.74. The summed E-state index contributed by atoms with van der Waals surface area (Å²) in [5, 5.41) is 17.0. The van der Waals surface area contributed by atoms with Crippen molar-refractivity contribution in [3.63, 3.8) is 0 Å². The van der Waals surface area contributed by atoms with E-state index >= 15 is 0 Å². The standard InChI is InChI=1S/C22H28N4O3/c1-4-23-21(25-15-22(3,27)19-6-5-13-28-19)24-12-11-18-14-29-20(26-18)17-9-7-16(2)8-10-17/h5-10,13-14,27H,4,11-12,15H2,1-3H3,(H2,23,24,25). The molecule has 0 amide bonds. The molecule has 0 bridgehead atoms. The van der Waals surface area contributed by atoms with E-state index in [0.717, 1.165) is 17.8 Å². The number of nitrogens with zero attached hydrogens (tertiary/aromatic N) is 2. The van der Waals surface area contributed by atoms with Crippen LogP contribution in [0.5, 0.6) is 0 Å². The Balaban J connectivity index is 1.55. The molecule has 0 saturated carbocycles. The molecule has 0 radical (unpaired) electrons. The zero-order valence-corrected chi connectivity index (χ0v) is 17.1. The fraction of sp³-hybridized carbons (Fsp3) is 0.364. The molecule has 3 N–H and O–H groups in total. The smallest absolute Gasteiger partial charge is 0.226 e. The second kappa shape index (κ2) is 9.43. The van der Waals surface area contributed by atoms with E-state index in [9.17, 15) is 5.11 Å². The van der Waals surface area contributed by atoms with Gasteiger partial charge < -0.3 is 24.6 Å². The zero-order valence-electron chi connectivity index (χ0n) is 17.1. The van der Waals surface area contributed by atoms with Crippen molar-refractivity contribution in [2.24, 2.45) is 4.99 Å². The minimum atomic E-state index is -1.17. The predicted molar refractivity (Wildman–Crippen MR) is 113 cm³/mol. The fourth-order valence-electron chi connectivity index (χ4n) is 2.80. The molecule has 2 heterocycles. The maximum atomic E-state index is 10.5. The average Bonchev–Trinajstić information content (AvgIpc) is 3.39. The molecule has 0 aliphatic rings. The maximum Gasteiger partial charge on any atom is 0.226 e. The van der Waals surface area contributed by atoms with Crippen LogP contribution in [0.2, 0.25) is 0 Å². The van der Waals surface area contributed by atoms with Crippen molar-refractivity contribution in [2.75, 3.05) is 19.6 Å². The van der Waals surface area contributed by atoms with Gasteiger partial charge in [-0.25, -0.2) is 9.98 Å².